The van der Waals surface area contributed by atoms with E-state index in [2.05, 4.69) is 166 Å². The zero-order chi connectivity index (χ0) is 63.3. The fraction of sp³-hybridized carbons (Fsp3) is 0.514. The number of allylic oxidation sites excluding steroid dienone is 2. The third-order valence-electron chi connectivity index (χ3n) is 14.1. The lowest BCUT2D eigenvalue weighted by molar-refractivity contribution is -0.126. The molecule has 0 saturated heterocycles. The minimum absolute atomic E-state index is 0.0119. The highest BCUT2D eigenvalue weighted by molar-refractivity contribution is 6.31. The number of benzene rings is 3. The second-order valence-corrected chi connectivity index (χ2v) is 26.7. The lowest BCUT2D eigenvalue weighted by Crippen LogP contribution is -2.22. The van der Waals surface area contributed by atoms with Crippen LogP contribution in [0.3, 0.4) is 0 Å². The van der Waals surface area contributed by atoms with E-state index < -0.39 is 0 Å². The van der Waals surface area contributed by atoms with Gasteiger partial charge in [-0.15, -0.1) is 0 Å². The number of nitrogens with one attached hydrogen (secondary N) is 3. The van der Waals surface area contributed by atoms with E-state index in [0.29, 0.717) is 54.1 Å². The maximum Gasteiger partial charge on any atom is 0.226 e. The molecule has 0 bridgehead atoms. The Labute approximate surface area is 502 Å². The van der Waals surface area contributed by atoms with Crippen molar-refractivity contribution in [2.24, 2.45) is 28.6 Å². The topological polar surface area (TPSA) is 113 Å². The number of halogens is 2. The van der Waals surface area contributed by atoms with Crippen LogP contribution in [0.25, 0.3) is 0 Å². The molecule has 10 heteroatoms. The van der Waals surface area contributed by atoms with Crippen molar-refractivity contribution in [2.45, 2.75) is 216 Å². The molecule has 3 N–H and O–H groups in total. The number of aryl methyl sites for hydroxylation is 2. The van der Waals surface area contributed by atoms with Crippen LogP contribution in [0.15, 0.2) is 104 Å². The van der Waals surface area contributed by atoms with Gasteiger partial charge in [-0.25, -0.2) is 4.39 Å². The summed E-state index contributed by atoms with van der Waals surface area (Å²) in [5.74, 6) is 3.24. The summed E-state index contributed by atoms with van der Waals surface area (Å²) in [7, 11) is 0. The summed E-state index contributed by atoms with van der Waals surface area (Å²) >= 11 is 6.14. The molecule has 452 valence electrons. The second kappa shape index (κ2) is 34.0. The fourth-order valence-corrected chi connectivity index (χ4v) is 8.26. The third kappa shape index (κ3) is 25.7. The van der Waals surface area contributed by atoms with Crippen molar-refractivity contribution in [3.8, 4) is 0 Å². The summed E-state index contributed by atoms with van der Waals surface area (Å²) in [5.41, 5.74) is 15.6. The summed E-state index contributed by atoms with van der Waals surface area (Å²) in [6.07, 6.45) is 6.43. The Morgan fingerprint density at radius 2 is 0.963 bits per heavy atom. The van der Waals surface area contributed by atoms with E-state index >= 15 is 0 Å². The number of rotatable bonds is 17. The van der Waals surface area contributed by atoms with E-state index in [1.807, 2.05) is 107 Å². The molecule has 1 amide bonds. The number of anilines is 3. The van der Waals surface area contributed by atoms with Gasteiger partial charge in [-0.1, -0.05) is 195 Å². The number of pyridine rings is 2. The van der Waals surface area contributed by atoms with Crippen LogP contribution in [-0.2, 0) is 27.2 Å². The Hall–Kier alpha value is -5.93. The van der Waals surface area contributed by atoms with Crippen molar-refractivity contribution < 1.29 is 18.8 Å². The molecular formula is C72H107ClFN5O3. The number of ketones is 2. The van der Waals surface area contributed by atoms with Gasteiger partial charge in [0.1, 0.15) is 17.4 Å². The number of hydrogen-bond donors (Lipinski definition) is 3. The molecule has 2 heterocycles. The molecular weight excluding hydrogens is 1040 g/mol. The number of carbonyl (C=O) groups is 3. The van der Waals surface area contributed by atoms with Crippen LogP contribution in [0, 0.1) is 55.2 Å². The normalized spacial score (nSPS) is 11.4. The van der Waals surface area contributed by atoms with Gasteiger partial charge in [0, 0.05) is 75.5 Å². The SMILES string of the molecule is C=C(Nc1ccc(Cl)c(C(C)C)c1)C(C)C.C=C(Nc1ccc(F)c(C(C)C)c1)C(C)C.Cc1c(NC(=O)C(C)C)cncc1C(C)C.Cc1ccc(CC(=O)C(C)(C)C)cc1C(C)C.Cc1cnc(CC(=O)C(C)(C)C)cc1C(C)C. The molecule has 8 nitrogen and oxygen atoms in total. The van der Waals surface area contributed by atoms with Crippen molar-refractivity contribution in [1.29, 1.82) is 0 Å². The number of carbonyl (C=O) groups excluding carboxylic acids is 3. The lowest BCUT2D eigenvalue weighted by Gasteiger charge is -2.17. The van der Waals surface area contributed by atoms with Crippen LogP contribution in [0.4, 0.5) is 21.5 Å². The summed E-state index contributed by atoms with van der Waals surface area (Å²) in [5, 5.41) is 10.2. The van der Waals surface area contributed by atoms with Crippen LogP contribution < -0.4 is 16.0 Å². The van der Waals surface area contributed by atoms with Crippen LogP contribution in [-0.4, -0.2) is 27.4 Å². The fourth-order valence-electron chi connectivity index (χ4n) is 7.92. The van der Waals surface area contributed by atoms with Crippen molar-refractivity contribution in [1.82, 2.24) is 9.97 Å². The van der Waals surface area contributed by atoms with Crippen molar-refractivity contribution >= 4 is 46.1 Å². The summed E-state index contributed by atoms with van der Waals surface area (Å²) in [6, 6.07) is 19.6. The first-order chi connectivity index (χ1) is 37.7. The first kappa shape index (κ1) is 74.1. The van der Waals surface area contributed by atoms with Crippen LogP contribution in [0.5, 0.6) is 0 Å². The highest BCUT2D eigenvalue weighted by Crippen LogP contribution is 2.30. The highest BCUT2D eigenvalue weighted by atomic mass is 35.5. The number of Topliss-reactive ketones (excluding diaryl/α,β-unsaturated/α-hetero) is 2. The Morgan fingerprint density at radius 1 is 0.512 bits per heavy atom. The van der Waals surface area contributed by atoms with E-state index in [4.69, 9.17) is 11.6 Å². The maximum absolute atomic E-state index is 13.5. The van der Waals surface area contributed by atoms with Gasteiger partial charge in [0.25, 0.3) is 0 Å². The van der Waals surface area contributed by atoms with E-state index in [1.165, 1.54) is 39.4 Å². The zero-order valence-electron chi connectivity index (χ0n) is 55.3. The molecule has 5 rings (SSSR count). The van der Waals surface area contributed by atoms with E-state index in [0.717, 1.165) is 55.9 Å². The molecule has 0 fully saturated rings. The average molecular weight is 1150 g/mol. The predicted molar refractivity (Wildman–Crippen MR) is 352 cm³/mol. The molecule has 0 atom stereocenters. The van der Waals surface area contributed by atoms with E-state index in [1.54, 1.807) is 12.3 Å². The van der Waals surface area contributed by atoms with Gasteiger partial charge in [0.2, 0.25) is 5.91 Å². The molecule has 0 radical (unpaired) electrons. The monoisotopic (exact) mass is 1140 g/mol. The quantitative estimate of drug-likeness (QED) is 0.0850. The Kier molecular flexibility index (Phi) is 30.7. The summed E-state index contributed by atoms with van der Waals surface area (Å²) in [6.45, 7) is 59.3. The standard InChI is InChI=1S/C16H24O.C15H23NO.C14H20ClN.C14H20FN.C13H20N2O/c1-11(2)14-9-13(8-7-12(14)3)10-15(17)16(4,5)6;1-10(2)13-7-12(16-9-11(13)3)8-14(17)15(4,5)6;2*1-9(2)11(5)16-12-6-7-14(15)13(8-12)10(3)4;1-8(2)11-6-14-7-12(10(11)5)15-13(16)9(3)4/h7-9,11H,10H2,1-6H3;7,9-10H,8H2,1-6H3;2*6-10,16H,5H2,1-4H3;6-9H,1-5H3,(H,15,16). The van der Waals surface area contributed by atoms with Gasteiger partial charge >= 0.3 is 0 Å². The molecule has 0 unspecified atom stereocenters. The first-order valence-electron chi connectivity index (χ1n) is 29.6. The van der Waals surface area contributed by atoms with Crippen LogP contribution >= 0.6 is 11.6 Å². The molecule has 0 saturated carbocycles. The van der Waals surface area contributed by atoms with Gasteiger partial charge in [0.15, 0.2) is 0 Å². The summed E-state index contributed by atoms with van der Waals surface area (Å²) in [4.78, 5) is 44.1. The third-order valence-corrected chi connectivity index (χ3v) is 14.4. The van der Waals surface area contributed by atoms with Crippen molar-refractivity contribution in [3.63, 3.8) is 0 Å². The van der Waals surface area contributed by atoms with Gasteiger partial charge in [-0.3, -0.25) is 24.4 Å². The molecule has 0 aliphatic carbocycles. The number of hydrogen-bond acceptors (Lipinski definition) is 7. The molecule has 82 heavy (non-hydrogen) atoms. The minimum Gasteiger partial charge on any atom is -0.359 e. The Morgan fingerprint density at radius 3 is 1.41 bits per heavy atom. The van der Waals surface area contributed by atoms with Gasteiger partial charge in [0.05, 0.1) is 11.9 Å². The minimum atomic E-state index is -0.287. The van der Waals surface area contributed by atoms with Crippen molar-refractivity contribution in [3.05, 3.63) is 170 Å². The molecule has 0 aliphatic rings. The largest absolute Gasteiger partial charge is 0.359 e. The van der Waals surface area contributed by atoms with Gasteiger partial charge < -0.3 is 16.0 Å². The highest BCUT2D eigenvalue weighted by Gasteiger charge is 2.23. The molecule has 2 aromatic heterocycles. The molecule has 0 aliphatic heterocycles. The van der Waals surface area contributed by atoms with Crippen LogP contribution in [0.2, 0.25) is 5.02 Å². The maximum atomic E-state index is 13.5. The van der Waals surface area contributed by atoms with Gasteiger partial charge in [-0.2, -0.15) is 0 Å². The summed E-state index contributed by atoms with van der Waals surface area (Å²) < 4.78 is 13.5. The van der Waals surface area contributed by atoms with Crippen molar-refractivity contribution in [2.75, 3.05) is 16.0 Å². The van der Waals surface area contributed by atoms with Crippen LogP contribution in [0.1, 0.15) is 238 Å². The first-order valence-corrected chi connectivity index (χ1v) is 29.9. The number of aromatic nitrogens is 2. The number of nitrogens with zero attached hydrogens (tertiary/aromatic N) is 2. The van der Waals surface area contributed by atoms with E-state index in [-0.39, 0.29) is 40.2 Å². The van der Waals surface area contributed by atoms with E-state index in [9.17, 15) is 18.8 Å². The Balaban J connectivity index is 0.000000513. The molecule has 5 aromatic rings. The average Bonchev–Trinajstić information content (AvgIpc) is 3.46. The zero-order valence-corrected chi connectivity index (χ0v) is 56.1. The smallest absolute Gasteiger partial charge is 0.226 e. The van der Waals surface area contributed by atoms with Gasteiger partial charge in [-0.05, 0) is 155 Å². The predicted octanol–water partition coefficient (Wildman–Crippen LogP) is 20.6. The number of amides is 1. The molecule has 3 aromatic carbocycles. The molecule has 0 spiro atoms. The lowest BCUT2D eigenvalue weighted by atomic mass is 9.86. The Bertz CT molecular complexity index is 2710. The second-order valence-electron chi connectivity index (χ2n) is 26.3.